The average molecular weight is 297 g/mol. The molecule has 0 bridgehead atoms. The van der Waals surface area contributed by atoms with Crippen molar-refractivity contribution in [2.45, 2.75) is 45.3 Å². The van der Waals surface area contributed by atoms with Crippen LogP contribution in [0.3, 0.4) is 0 Å². The maximum atomic E-state index is 13.1. The maximum Gasteiger partial charge on any atom is 0.228 e. The third-order valence-corrected chi connectivity index (χ3v) is 5.10. The molecule has 0 aliphatic carbocycles. The summed E-state index contributed by atoms with van der Waals surface area (Å²) in [5.74, 6) is 0.594. The zero-order chi connectivity index (χ0) is 15.6. The van der Waals surface area contributed by atoms with Crippen molar-refractivity contribution >= 4 is 5.91 Å². The molecule has 2 fully saturated rings. The number of β-amino-alcohol motifs (C(OH)–C–C–N with tert-alkyl or cyclic N) is 1. The van der Waals surface area contributed by atoms with Crippen LogP contribution in [0, 0.1) is 11.3 Å². The fourth-order valence-electron chi connectivity index (χ4n) is 3.75. The van der Waals surface area contributed by atoms with Crippen molar-refractivity contribution in [3.05, 3.63) is 0 Å². The minimum Gasteiger partial charge on any atom is -0.391 e. The summed E-state index contributed by atoms with van der Waals surface area (Å²) in [6.45, 7) is 7.44. The standard InChI is InChI=1S/C16H31N3O2/c1-16(2,12-6-5-7-17-9-12)15(21)19-11-14(20)8-13(19)10-18(3)4/h12-14,17,20H,5-11H2,1-4H3. The molecule has 3 atom stereocenters. The van der Waals surface area contributed by atoms with E-state index in [4.69, 9.17) is 0 Å². The zero-order valence-corrected chi connectivity index (χ0v) is 13.9. The van der Waals surface area contributed by atoms with Crippen LogP contribution in [-0.4, -0.2) is 73.2 Å². The van der Waals surface area contributed by atoms with Crippen molar-refractivity contribution in [2.75, 3.05) is 40.3 Å². The smallest absolute Gasteiger partial charge is 0.228 e. The van der Waals surface area contributed by atoms with E-state index >= 15 is 0 Å². The van der Waals surface area contributed by atoms with Crippen molar-refractivity contribution in [3.8, 4) is 0 Å². The molecule has 0 saturated carbocycles. The van der Waals surface area contributed by atoms with Gasteiger partial charge in [-0.05, 0) is 52.4 Å². The van der Waals surface area contributed by atoms with Crippen molar-refractivity contribution in [2.24, 2.45) is 11.3 Å². The first-order valence-electron chi connectivity index (χ1n) is 8.17. The van der Waals surface area contributed by atoms with E-state index in [1.54, 1.807) is 0 Å². The van der Waals surface area contributed by atoms with E-state index < -0.39 is 0 Å². The number of piperidine rings is 1. The minimum absolute atomic E-state index is 0.137. The van der Waals surface area contributed by atoms with Crippen molar-refractivity contribution < 1.29 is 9.90 Å². The fourth-order valence-corrected chi connectivity index (χ4v) is 3.75. The lowest BCUT2D eigenvalue weighted by atomic mass is 9.74. The molecule has 0 aromatic heterocycles. The average Bonchev–Trinajstić information content (AvgIpc) is 2.78. The molecule has 122 valence electrons. The van der Waals surface area contributed by atoms with E-state index in [2.05, 4.69) is 24.1 Å². The molecule has 2 saturated heterocycles. The number of nitrogens with zero attached hydrogens (tertiary/aromatic N) is 2. The molecule has 0 spiro atoms. The predicted molar refractivity (Wildman–Crippen MR) is 84.1 cm³/mol. The summed E-state index contributed by atoms with van der Waals surface area (Å²) in [6, 6.07) is 0.137. The summed E-state index contributed by atoms with van der Waals surface area (Å²) in [6.07, 6.45) is 2.58. The summed E-state index contributed by atoms with van der Waals surface area (Å²) in [5, 5.41) is 13.4. The Hall–Kier alpha value is -0.650. The molecule has 2 aliphatic heterocycles. The highest BCUT2D eigenvalue weighted by molar-refractivity contribution is 5.83. The number of nitrogens with one attached hydrogen (secondary N) is 1. The summed E-state index contributed by atoms with van der Waals surface area (Å²) >= 11 is 0. The number of carbonyl (C=O) groups is 1. The normalized spacial score (nSPS) is 31.0. The maximum absolute atomic E-state index is 13.1. The van der Waals surface area contributed by atoms with E-state index in [9.17, 15) is 9.90 Å². The monoisotopic (exact) mass is 297 g/mol. The van der Waals surface area contributed by atoms with Gasteiger partial charge in [0.15, 0.2) is 0 Å². The zero-order valence-electron chi connectivity index (χ0n) is 13.9. The molecule has 0 radical (unpaired) electrons. The molecule has 2 aliphatic rings. The minimum atomic E-state index is -0.376. The topological polar surface area (TPSA) is 55.8 Å². The Bertz CT molecular complexity index is 365. The van der Waals surface area contributed by atoms with E-state index in [0.717, 1.165) is 32.5 Å². The van der Waals surface area contributed by atoms with Gasteiger partial charge in [0, 0.05) is 24.5 Å². The fraction of sp³-hybridized carbons (Fsp3) is 0.938. The number of aliphatic hydroxyl groups is 1. The van der Waals surface area contributed by atoms with E-state index in [0.29, 0.717) is 18.9 Å². The summed E-state index contributed by atoms with van der Waals surface area (Å²) in [7, 11) is 4.03. The van der Waals surface area contributed by atoms with Crippen LogP contribution in [0.5, 0.6) is 0 Å². The van der Waals surface area contributed by atoms with Gasteiger partial charge in [-0.1, -0.05) is 13.8 Å². The second-order valence-electron chi connectivity index (χ2n) is 7.53. The van der Waals surface area contributed by atoms with Crippen LogP contribution in [0.15, 0.2) is 0 Å². The van der Waals surface area contributed by atoms with Crippen LogP contribution >= 0.6 is 0 Å². The second kappa shape index (κ2) is 6.63. The third kappa shape index (κ3) is 3.76. The van der Waals surface area contributed by atoms with Crippen molar-refractivity contribution in [3.63, 3.8) is 0 Å². The van der Waals surface area contributed by atoms with Gasteiger partial charge >= 0.3 is 0 Å². The highest BCUT2D eigenvalue weighted by Gasteiger charge is 2.44. The van der Waals surface area contributed by atoms with Crippen LogP contribution in [0.1, 0.15) is 33.1 Å². The van der Waals surface area contributed by atoms with Crippen LogP contribution in [0.4, 0.5) is 0 Å². The predicted octanol–water partition coefficient (Wildman–Crippen LogP) is 0.536. The van der Waals surface area contributed by atoms with E-state index in [1.165, 1.54) is 0 Å². The Morgan fingerprint density at radius 2 is 2.14 bits per heavy atom. The molecule has 5 heteroatoms. The van der Waals surface area contributed by atoms with Gasteiger partial charge in [-0.3, -0.25) is 4.79 Å². The molecular weight excluding hydrogens is 266 g/mol. The number of likely N-dealkylation sites (tertiary alicyclic amines) is 1. The molecular formula is C16H31N3O2. The Balaban J connectivity index is 2.08. The van der Waals surface area contributed by atoms with Gasteiger partial charge in [0.25, 0.3) is 0 Å². The molecule has 2 N–H and O–H groups in total. The highest BCUT2D eigenvalue weighted by atomic mass is 16.3. The van der Waals surface area contributed by atoms with Gasteiger partial charge < -0.3 is 20.2 Å². The number of aliphatic hydroxyl groups excluding tert-OH is 1. The Morgan fingerprint density at radius 3 is 2.71 bits per heavy atom. The van der Waals surface area contributed by atoms with Crippen LogP contribution in [-0.2, 0) is 4.79 Å². The highest BCUT2D eigenvalue weighted by Crippen LogP contribution is 2.36. The van der Waals surface area contributed by atoms with Crippen LogP contribution < -0.4 is 5.32 Å². The van der Waals surface area contributed by atoms with E-state index in [-0.39, 0.29) is 23.5 Å². The van der Waals surface area contributed by atoms with Crippen molar-refractivity contribution in [1.82, 2.24) is 15.1 Å². The Morgan fingerprint density at radius 1 is 1.43 bits per heavy atom. The number of amides is 1. The number of hydrogen-bond donors (Lipinski definition) is 2. The molecule has 21 heavy (non-hydrogen) atoms. The first kappa shape index (κ1) is 16.7. The molecule has 2 rings (SSSR count). The molecule has 1 amide bonds. The molecule has 0 aromatic carbocycles. The molecule has 3 unspecified atom stereocenters. The lowest BCUT2D eigenvalue weighted by molar-refractivity contribution is -0.145. The molecule has 5 nitrogen and oxygen atoms in total. The summed E-state index contributed by atoms with van der Waals surface area (Å²) in [5.41, 5.74) is -0.359. The van der Waals surface area contributed by atoms with E-state index in [1.807, 2.05) is 19.0 Å². The van der Waals surface area contributed by atoms with Gasteiger partial charge in [0.05, 0.1) is 6.10 Å². The lowest BCUT2D eigenvalue weighted by Crippen LogP contribution is -2.52. The summed E-state index contributed by atoms with van der Waals surface area (Å²) < 4.78 is 0. The summed E-state index contributed by atoms with van der Waals surface area (Å²) in [4.78, 5) is 17.1. The van der Waals surface area contributed by atoms with Gasteiger partial charge in [-0.25, -0.2) is 0 Å². The quantitative estimate of drug-likeness (QED) is 0.795. The van der Waals surface area contributed by atoms with Crippen LogP contribution in [0.25, 0.3) is 0 Å². The Kier molecular flexibility index (Phi) is 5.28. The largest absolute Gasteiger partial charge is 0.391 e. The van der Waals surface area contributed by atoms with Gasteiger partial charge in [0.2, 0.25) is 5.91 Å². The number of carbonyl (C=O) groups excluding carboxylic acids is 1. The van der Waals surface area contributed by atoms with Gasteiger partial charge in [-0.15, -0.1) is 0 Å². The van der Waals surface area contributed by atoms with Gasteiger partial charge in [0.1, 0.15) is 0 Å². The Labute approximate surface area is 128 Å². The number of hydrogen-bond acceptors (Lipinski definition) is 4. The van der Waals surface area contributed by atoms with Gasteiger partial charge in [-0.2, -0.15) is 0 Å². The lowest BCUT2D eigenvalue weighted by Gasteiger charge is -2.40. The molecule has 2 heterocycles. The molecule has 0 aromatic rings. The second-order valence-corrected chi connectivity index (χ2v) is 7.53. The number of rotatable bonds is 4. The first-order chi connectivity index (χ1) is 9.82. The SMILES string of the molecule is CN(C)CC1CC(O)CN1C(=O)C(C)(C)C1CCCNC1. The number of likely N-dealkylation sites (N-methyl/N-ethyl adjacent to an activating group) is 1. The van der Waals surface area contributed by atoms with Crippen molar-refractivity contribution in [1.29, 1.82) is 0 Å². The first-order valence-corrected chi connectivity index (χ1v) is 8.17. The third-order valence-electron chi connectivity index (χ3n) is 5.10. The van der Waals surface area contributed by atoms with Crippen LogP contribution in [0.2, 0.25) is 0 Å².